The highest BCUT2D eigenvalue weighted by atomic mass is 16.4. The SMILES string of the molecule is CC(C)C1CCC(C(=O)O)C(Cc2nnn(C)n2)C1. The molecule has 6 heteroatoms. The number of aromatic nitrogens is 4. The molecule has 1 fully saturated rings. The molecule has 0 aromatic carbocycles. The Morgan fingerprint density at radius 3 is 2.74 bits per heavy atom. The Hall–Kier alpha value is -1.46. The predicted octanol–water partition coefficient (Wildman–Crippen LogP) is 1.53. The number of aryl methyl sites for hydroxylation is 1. The first-order valence-electron chi connectivity index (χ1n) is 6.93. The van der Waals surface area contributed by atoms with Crippen molar-refractivity contribution >= 4 is 5.97 Å². The number of hydrogen-bond acceptors (Lipinski definition) is 4. The van der Waals surface area contributed by atoms with Crippen molar-refractivity contribution < 1.29 is 9.90 Å². The van der Waals surface area contributed by atoms with Gasteiger partial charge in [0.1, 0.15) is 0 Å². The van der Waals surface area contributed by atoms with Crippen LogP contribution in [0.4, 0.5) is 0 Å². The lowest BCUT2D eigenvalue weighted by molar-refractivity contribution is -0.145. The summed E-state index contributed by atoms with van der Waals surface area (Å²) in [6.07, 6.45) is 3.35. The van der Waals surface area contributed by atoms with Gasteiger partial charge in [0, 0.05) is 6.42 Å². The van der Waals surface area contributed by atoms with E-state index >= 15 is 0 Å². The highest BCUT2D eigenvalue weighted by molar-refractivity contribution is 5.70. The van der Waals surface area contributed by atoms with Crippen LogP contribution in [-0.2, 0) is 18.3 Å². The predicted molar refractivity (Wildman–Crippen MR) is 69.3 cm³/mol. The number of hydrogen-bond donors (Lipinski definition) is 1. The Kier molecular flexibility index (Phi) is 4.17. The van der Waals surface area contributed by atoms with Gasteiger partial charge in [0.05, 0.1) is 13.0 Å². The van der Waals surface area contributed by atoms with Crippen LogP contribution in [0.25, 0.3) is 0 Å². The molecular weight excluding hydrogens is 244 g/mol. The van der Waals surface area contributed by atoms with E-state index in [1.165, 1.54) is 4.80 Å². The Labute approximate surface area is 113 Å². The third-order valence-corrected chi connectivity index (χ3v) is 4.28. The first-order valence-corrected chi connectivity index (χ1v) is 6.93. The fourth-order valence-corrected chi connectivity index (χ4v) is 3.10. The number of carboxylic acids is 1. The van der Waals surface area contributed by atoms with Gasteiger partial charge in [-0.1, -0.05) is 13.8 Å². The minimum atomic E-state index is -0.684. The summed E-state index contributed by atoms with van der Waals surface area (Å²) in [5, 5.41) is 21.3. The number of carbonyl (C=O) groups is 1. The van der Waals surface area contributed by atoms with Crippen molar-refractivity contribution in [1.29, 1.82) is 0 Å². The van der Waals surface area contributed by atoms with E-state index in [2.05, 4.69) is 29.3 Å². The summed E-state index contributed by atoms with van der Waals surface area (Å²) in [6.45, 7) is 4.42. The van der Waals surface area contributed by atoms with Crippen LogP contribution in [0.2, 0.25) is 0 Å². The van der Waals surface area contributed by atoms with E-state index in [0.717, 1.165) is 19.3 Å². The molecule has 1 heterocycles. The Morgan fingerprint density at radius 2 is 2.21 bits per heavy atom. The van der Waals surface area contributed by atoms with Gasteiger partial charge in [0.25, 0.3) is 0 Å². The molecular formula is C13H22N4O2. The lowest BCUT2D eigenvalue weighted by Gasteiger charge is -2.35. The molecule has 1 N–H and O–H groups in total. The molecule has 0 radical (unpaired) electrons. The number of rotatable bonds is 4. The van der Waals surface area contributed by atoms with Gasteiger partial charge in [-0.25, -0.2) is 0 Å². The summed E-state index contributed by atoms with van der Waals surface area (Å²) in [7, 11) is 1.73. The molecule has 1 aromatic rings. The monoisotopic (exact) mass is 266 g/mol. The van der Waals surface area contributed by atoms with Crippen LogP contribution in [0.15, 0.2) is 0 Å². The largest absolute Gasteiger partial charge is 0.481 e. The molecule has 0 bridgehead atoms. The van der Waals surface area contributed by atoms with E-state index in [9.17, 15) is 9.90 Å². The molecule has 1 aromatic heterocycles. The maximum absolute atomic E-state index is 11.4. The summed E-state index contributed by atoms with van der Waals surface area (Å²) in [5.74, 6) is 1.05. The van der Waals surface area contributed by atoms with Crippen molar-refractivity contribution in [1.82, 2.24) is 20.2 Å². The molecule has 19 heavy (non-hydrogen) atoms. The van der Waals surface area contributed by atoms with Crippen LogP contribution in [0.3, 0.4) is 0 Å². The second-order valence-corrected chi connectivity index (χ2v) is 5.92. The molecule has 0 saturated heterocycles. The van der Waals surface area contributed by atoms with Gasteiger partial charge < -0.3 is 5.11 Å². The normalized spacial score (nSPS) is 27.7. The van der Waals surface area contributed by atoms with Crippen molar-refractivity contribution in [2.45, 2.75) is 39.5 Å². The standard InChI is InChI=1S/C13H22N4O2/c1-8(2)9-4-5-11(13(18)19)10(6-9)7-12-14-16-17(3)15-12/h8-11H,4-7H2,1-3H3,(H,18,19). The Balaban J connectivity index is 2.09. The second-order valence-electron chi connectivity index (χ2n) is 5.92. The molecule has 106 valence electrons. The minimum absolute atomic E-state index is 0.128. The minimum Gasteiger partial charge on any atom is -0.481 e. The fourth-order valence-electron chi connectivity index (χ4n) is 3.10. The van der Waals surface area contributed by atoms with Crippen LogP contribution in [0, 0.1) is 23.7 Å². The number of tetrazole rings is 1. The van der Waals surface area contributed by atoms with Crippen molar-refractivity contribution in [3.8, 4) is 0 Å². The van der Waals surface area contributed by atoms with Crippen LogP contribution in [-0.4, -0.2) is 31.3 Å². The quantitative estimate of drug-likeness (QED) is 0.893. The molecule has 1 aliphatic rings. The molecule has 3 atom stereocenters. The summed E-state index contributed by atoms with van der Waals surface area (Å²) in [4.78, 5) is 12.8. The van der Waals surface area contributed by atoms with Crippen molar-refractivity contribution in [3.63, 3.8) is 0 Å². The topological polar surface area (TPSA) is 80.9 Å². The van der Waals surface area contributed by atoms with Gasteiger partial charge in [0.15, 0.2) is 5.82 Å². The van der Waals surface area contributed by atoms with E-state index in [4.69, 9.17) is 0 Å². The third kappa shape index (κ3) is 3.30. The van der Waals surface area contributed by atoms with E-state index in [0.29, 0.717) is 24.1 Å². The summed E-state index contributed by atoms with van der Waals surface area (Å²) in [6, 6.07) is 0. The molecule has 0 aliphatic heterocycles. The molecule has 6 nitrogen and oxygen atoms in total. The zero-order valence-electron chi connectivity index (χ0n) is 11.8. The van der Waals surface area contributed by atoms with E-state index in [1.54, 1.807) is 7.05 Å². The van der Waals surface area contributed by atoms with Gasteiger partial charge in [-0.15, -0.1) is 10.2 Å². The first kappa shape index (κ1) is 14.0. The number of carboxylic acid groups (broad SMARTS) is 1. The molecule has 2 rings (SSSR count). The van der Waals surface area contributed by atoms with E-state index < -0.39 is 5.97 Å². The fraction of sp³-hybridized carbons (Fsp3) is 0.846. The lowest BCUT2D eigenvalue weighted by atomic mass is 9.69. The van der Waals surface area contributed by atoms with Gasteiger partial charge >= 0.3 is 5.97 Å². The van der Waals surface area contributed by atoms with E-state index in [-0.39, 0.29) is 11.8 Å². The Bertz CT molecular complexity index is 444. The summed E-state index contributed by atoms with van der Waals surface area (Å²) < 4.78 is 0. The average Bonchev–Trinajstić information content (AvgIpc) is 2.74. The van der Waals surface area contributed by atoms with Crippen molar-refractivity contribution in [3.05, 3.63) is 5.82 Å². The van der Waals surface area contributed by atoms with Gasteiger partial charge in [0.2, 0.25) is 0 Å². The van der Waals surface area contributed by atoms with Gasteiger partial charge in [-0.05, 0) is 42.2 Å². The summed E-state index contributed by atoms with van der Waals surface area (Å²) in [5.41, 5.74) is 0. The van der Waals surface area contributed by atoms with Gasteiger partial charge in [-0.3, -0.25) is 4.79 Å². The number of nitrogens with zero attached hydrogens (tertiary/aromatic N) is 4. The molecule has 0 spiro atoms. The van der Waals surface area contributed by atoms with Crippen molar-refractivity contribution in [2.24, 2.45) is 30.7 Å². The van der Waals surface area contributed by atoms with E-state index in [1.807, 2.05) is 0 Å². The van der Waals surface area contributed by atoms with Crippen LogP contribution < -0.4 is 0 Å². The Morgan fingerprint density at radius 1 is 1.47 bits per heavy atom. The lowest BCUT2D eigenvalue weighted by Crippen LogP contribution is -2.33. The maximum atomic E-state index is 11.4. The first-order chi connectivity index (χ1) is 8.97. The van der Waals surface area contributed by atoms with Crippen LogP contribution in [0.1, 0.15) is 38.9 Å². The zero-order chi connectivity index (χ0) is 14.0. The average molecular weight is 266 g/mol. The van der Waals surface area contributed by atoms with Gasteiger partial charge in [-0.2, -0.15) is 4.80 Å². The second kappa shape index (κ2) is 5.67. The number of aliphatic carboxylic acids is 1. The molecule has 1 saturated carbocycles. The molecule has 0 amide bonds. The molecule has 3 unspecified atom stereocenters. The molecule has 1 aliphatic carbocycles. The summed E-state index contributed by atoms with van der Waals surface area (Å²) >= 11 is 0. The van der Waals surface area contributed by atoms with Crippen molar-refractivity contribution in [2.75, 3.05) is 0 Å². The highest BCUT2D eigenvalue weighted by Crippen LogP contribution is 2.38. The maximum Gasteiger partial charge on any atom is 0.306 e. The van der Waals surface area contributed by atoms with Crippen LogP contribution in [0.5, 0.6) is 0 Å². The zero-order valence-corrected chi connectivity index (χ0v) is 11.8. The third-order valence-electron chi connectivity index (χ3n) is 4.28. The smallest absolute Gasteiger partial charge is 0.306 e. The highest BCUT2D eigenvalue weighted by Gasteiger charge is 2.36. The van der Waals surface area contributed by atoms with Crippen LogP contribution >= 0.6 is 0 Å².